The number of aromatic nitrogens is 2. The molecular formula is C39H47F2N3O6. The Balaban J connectivity index is 1.57. The van der Waals surface area contributed by atoms with E-state index in [1.807, 2.05) is 76.4 Å². The minimum absolute atomic E-state index is 0.198. The molecule has 0 saturated carbocycles. The number of nitrogens with zero attached hydrogens (tertiary/aromatic N) is 3. The monoisotopic (exact) mass is 691 g/mol. The molecule has 268 valence electrons. The van der Waals surface area contributed by atoms with E-state index in [0.717, 1.165) is 34.6 Å². The lowest BCUT2D eigenvalue weighted by Gasteiger charge is -2.42. The Kier molecular flexibility index (Phi) is 9.96. The SMILES string of the molecule is CCC(C)(C)O[C@H](C(=O)O)c1c(C)c(C)c2nc3cn2c1N1CCC(C)(CC1)OCCOC[C@H](C)Oc1cc(F)c(F)cc1-c1cccc-3c1. The van der Waals surface area contributed by atoms with Gasteiger partial charge in [0.1, 0.15) is 23.3 Å². The van der Waals surface area contributed by atoms with Crippen LogP contribution in [-0.2, 0) is 19.0 Å². The summed E-state index contributed by atoms with van der Waals surface area (Å²) in [6.45, 7) is 15.8. The van der Waals surface area contributed by atoms with Gasteiger partial charge in [0.15, 0.2) is 17.7 Å². The number of ether oxygens (including phenoxy) is 4. The maximum atomic E-state index is 14.7. The lowest BCUT2D eigenvalue weighted by Crippen LogP contribution is -2.46. The molecular weight excluding hydrogens is 644 g/mol. The molecule has 0 radical (unpaired) electrons. The van der Waals surface area contributed by atoms with Gasteiger partial charge in [-0.3, -0.25) is 4.40 Å². The number of halogens is 2. The summed E-state index contributed by atoms with van der Waals surface area (Å²) < 4.78 is 56.0. The number of pyridine rings is 1. The molecule has 2 aromatic heterocycles. The summed E-state index contributed by atoms with van der Waals surface area (Å²) in [5.41, 5.74) is 4.24. The highest BCUT2D eigenvalue weighted by Crippen LogP contribution is 2.42. The number of hydrogen-bond acceptors (Lipinski definition) is 7. The predicted molar refractivity (Wildman–Crippen MR) is 188 cm³/mol. The Morgan fingerprint density at radius 3 is 2.50 bits per heavy atom. The molecule has 0 spiro atoms. The van der Waals surface area contributed by atoms with Crippen molar-refractivity contribution in [2.24, 2.45) is 0 Å². The number of rotatable bonds is 5. The van der Waals surface area contributed by atoms with Crippen molar-refractivity contribution in [1.82, 2.24) is 9.38 Å². The molecule has 11 heteroatoms. The number of benzene rings is 2. The maximum absolute atomic E-state index is 14.7. The van der Waals surface area contributed by atoms with Gasteiger partial charge in [-0.15, -0.1) is 0 Å². The van der Waals surface area contributed by atoms with Crippen molar-refractivity contribution in [3.63, 3.8) is 0 Å². The van der Waals surface area contributed by atoms with Crippen LogP contribution in [0.2, 0.25) is 0 Å². The number of piperidine rings is 1. The molecule has 3 aliphatic heterocycles. The lowest BCUT2D eigenvalue weighted by molar-refractivity contribution is -0.162. The molecule has 50 heavy (non-hydrogen) atoms. The first-order valence-electron chi connectivity index (χ1n) is 17.4. The number of fused-ring (bicyclic) bond motifs is 8. The predicted octanol–water partition coefficient (Wildman–Crippen LogP) is 8.07. The van der Waals surface area contributed by atoms with E-state index in [2.05, 4.69) is 11.8 Å². The third-order valence-electron chi connectivity index (χ3n) is 10.2. The van der Waals surface area contributed by atoms with Crippen molar-refractivity contribution in [3.05, 3.63) is 70.9 Å². The van der Waals surface area contributed by atoms with Gasteiger partial charge < -0.3 is 29.0 Å². The van der Waals surface area contributed by atoms with Crippen molar-refractivity contribution in [2.45, 2.75) is 91.1 Å². The minimum Gasteiger partial charge on any atom is -0.488 e. The lowest BCUT2D eigenvalue weighted by atomic mass is 9.92. The van der Waals surface area contributed by atoms with Crippen LogP contribution >= 0.6 is 0 Å². The Morgan fingerprint density at radius 2 is 1.80 bits per heavy atom. The summed E-state index contributed by atoms with van der Waals surface area (Å²) in [6, 6.07) is 9.66. The number of anilines is 1. The molecule has 0 unspecified atom stereocenters. The van der Waals surface area contributed by atoms with E-state index in [-0.39, 0.29) is 12.4 Å². The molecule has 7 rings (SSSR count). The van der Waals surface area contributed by atoms with Crippen LogP contribution in [0, 0.1) is 25.5 Å². The fraction of sp³-hybridized carbons (Fsp3) is 0.487. The van der Waals surface area contributed by atoms with Gasteiger partial charge in [-0.05, 0) is 89.6 Å². The fourth-order valence-electron chi connectivity index (χ4n) is 6.76. The number of carbonyl (C=O) groups is 1. The quantitative estimate of drug-likeness (QED) is 0.210. The summed E-state index contributed by atoms with van der Waals surface area (Å²) in [4.78, 5) is 20.4. The Morgan fingerprint density at radius 1 is 1.10 bits per heavy atom. The number of carboxylic acids is 1. The number of hydrogen-bond donors (Lipinski definition) is 1. The molecule has 4 aromatic rings. The third-order valence-corrected chi connectivity index (χ3v) is 10.2. The van der Waals surface area contributed by atoms with Crippen molar-refractivity contribution in [2.75, 3.05) is 37.8 Å². The van der Waals surface area contributed by atoms with Crippen LogP contribution in [0.25, 0.3) is 28.0 Å². The second kappa shape index (κ2) is 13.9. The minimum atomic E-state index is -1.22. The Bertz CT molecular complexity index is 1900. The highest BCUT2D eigenvalue weighted by molar-refractivity contribution is 5.81. The molecule has 6 bridgehead atoms. The number of aliphatic carboxylic acids is 1. The highest BCUT2D eigenvalue weighted by atomic mass is 19.2. The Hall–Kier alpha value is -4.06. The first kappa shape index (κ1) is 35.8. The van der Waals surface area contributed by atoms with Gasteiger partial charge in [0, 0.05) is 42.0 Å². The smallest absolute Gasteiger partial charge is 0.337 e. The molecule has 1 N–H and O–H groups in total. The normalized spacial score (nSPS) is 20.8. The number of aryl methyl sites for hydroxylation is 1. The topological polar surface area (TPSA) is 94.8 Å². The highest BCUT2D eigenvalue weighted by Gasteiger charge is 2.38. The maximum Gasteiger partial charge on any atom is 0.337 e. The van der Waals surface area contributed by atoms with E-state index < -0.39 is 41.0 Å². The van der Waals surface area contributed by atoms with Gasteiger partial charge in [-0.2, -0.15) is 0 Å². The largest absolute Gasteiger partial charge is 0.488 e. The molecule has 1 saturated heterocycles. The van der Waals surface area contributed by atoms with E-state index in [4.69, 9.17) is 23.9 Å². The third kappa shape index (κ3) is 7.08. The fourth-order valence-corrected chi connectivity index (χ4v) is 6.76. The molecule has 1 fully saturated rings. The first-order valence-corrected chi connectivity index (χ1v) is 17.4. The zero-order valence-electron chi connectivity index (χ0n) is 29.9. The molecule has 5 heterocycles. The molecule has 2 aromatic carbocycles. The standard InChI is InChI=1S/C39H47F2N3O6/c1-8-38(5,6)50-34(37(45)46)33-24(3)25(4)35-42-31-21-44(35)36(33)43-14-12-39(7,13-15-43)48-17-16-47-22-23(2)49-32-20-30(41)29(40)19-28(32)26-10-9-11-27(31)18-26/h9-11,18-21,23,34H,8,12-17,22H2,1-7H3,(H,45,46)/t23-,34-/m0/s1. The van der Waals surface area contributed by atoms with E-state index in [0.29, 0.717) is 73.6 Å². The van der Waals surface area contributed by atoms with E-state index in [1.165, 1.54) is 0 Å². The molecule has 0 amide bonds. The Labute approximate surface area is 292 Å². The van der Waals surface area contributed by atoms with Gasteiger partial charge in [0.25, 0.3) is 0 Å². The van der Waals surface area contributed by atoms with E-state index in [1.54, 1.807) is 0 Å². The first-order chi connectivity index (χ1) is 23.7. The second-order valence-corrected chi connectivity index (χ2v) is 14.4. The van der Waals surface area contributed by atoms with Gasteiger partial charge in [0.2, 0.25) is 0 Å². The van der Waals surface area contributed by atoms with Crippen LogP contribution in [0.3, 0.4) is 0 Å². The van der Waals surface area contributed by atoms with Crippen LogP contribution in [0.1, 0.15) is 76.7 Å². The zero-order valence-corrected chi connectivity index (χ0v) is 29.9. The molecule has 3 aliphatic rings. The summed E-state index contributed by atoms with van der Waals surface area (Å²) in [7, 11) is 0. The van der Waals surface area contributed by atoms with Gasteiger partial charge in [-0.25, -0.2) is 18.6 Å². The molecule has 2 atom stereocenters. The van der Waals surface area contributed by atoms with Gasteiger partial charge >= 0.3 is 5.97 Å². The van der Waals surface area contributed by atoms with E-state index in [9.17, 15) is 18.7 Å². The summed E-state index contributed by atoms with van der Waals surface area (Å²) in [5, 5.41) is 10.7. The average Bonchev–Trinajstić information content (AvgIpc) is 3.52. The number of carboxylic acid groups (broad SMARTS) is 1. The summed E-state index contributed by atoms with van der Waals surface area (Å²) in [6.07, 6.45) is 2.31. The molecule has 0 aliphatic carbocycles. The van der Waals surface area contributed by atoms with Crippen LogP contribution in [0.4, 0.5) is 14.6 Å². The summed E-state index contributed by atoms with van der Waals surface area (Å²) in [5.74, 6) is -2.13. The van der Waals surface area contributed by atoms with Crippen molar-refractivity contribution in [3.8, 4) is 28.1 Å². The average molecular weight is 692 g/mol. The van der Waals surface area contributed by atoms with Crippen molar-refractivity contribution >= 4 is 17.4 Å². The van der Waals surface area contributed by atoms with Crippen molar-refractivity contribution < 1.29 is 37.6 Å². The van der Waals surface area contributed by atoms with E-state index >= 15 is 0 Å². The zero-order chi connectivity index (χ0) is 36.0. The van der Waals surface area contributed by atoms with Gasteiger partial charge in [-0.1, -0.05) is 25.1 Å². The van der Waals surface area contributed by atoms with Crippen LogP contribution in [0.5, 0.6) is 5.75 Å². The van der Waals surface area contributed by atoms with Crippen LogP contribution in [0.15, 0.2) is 42.6 Å². The second-order valence-electron chi connectivity index (χ2n) is 14.4. The number of imidazole rings is 1. The van der Waals surface area contributed by atoms with Crippen LogP contribution < -0.4 is 9.64 Å². The van der Waals surface area contributed by atoms with Crippen LogP contribution in [-0.4, -0.2) is 70.7 Å². The van der Waals surface area contributed by atoms with Gasteiger partial charge in [0.05, 0.1) is 36.7 Å². The van der Waals surface area contributed by atoms with Crippen molar-refractivity contribution in [1.29, 1.82) is 0 Å². The molecule has 9 nitrogen and oxygen atoms in total. The summed E-state index contributed by atoms with van der Waals surface area (Å²) >= 11 is 0.